The van der Waals surface area contributed by atoms with Gasteiger partial charge in [-0.2, -0.15) is 0 Å². The van der Waals surface area contributed by atoms with E-state index in [1.165, 1.54) is 26.9 Å². The molecule has 0 unspecified atom stereocenters. The lowest BCUT2D eigenvalue weighted by Gasteiger charge is -2.08. The normalized spacial score (nSPS) is 10.6. The van der Waals surface area contributed by atoms with Crippen LogP contribution in [0.2, 0.25) is 0 Å². The van der Waals surface area contributed by atoms with E-state index in [9.17, 15) is 0 Å². The second-order valence-corrected chi connectivity index (χ2v) is 11.1. The van der Waals surface area contributed by atoms with Gasteiger partial charge < -0.3 is 43.7 Å². The summed E-state index contributed by atoms with van der Waals surface area (Å²) in [7, 11) is 0. The van der Waals surface area contributed by atoms with Crippen LogP contribution in [0.5, 0.6) is 17.2 Å². The van der Waals surface area contributed by atoms with Gasteiger partial charge in [0.2, 0.25) is 0 Å². The average molecular weight is 697 g/mol. The van der Waals surface area contributed by atoms with Crippen LogP contribution in [-0.2, 0) is 14.2 Å². The maximum absolute atomic E-state index is 8.62. The Morgan fingerprint density at radius 3 is 0.941 bits per heavy atom. The number of benzene rings is 6. The number of fused-ring (bicyclic) bond motifs is 3. The number of ether oxygens (including phenoxy) is 6. The fraction of sp³-hybridized carbons (Fsp3) is 0.286. The molecule has 9 heteroatoms. The fourth-order valence-electron chi connectivity index (χ4n) is 4.93. The summed E-state index contributed by atoms with van der Waals surface area (Å²) in [6, 6.07) is 42.4. The van der Waals surface area contributed by atoms with Crippen molar-refractivity contribution in [1.29, 1.82) is 0 Å². The fourth-order valence-corrected chi connectivity index (χ4v) is 4.93. The number of aliphatic hydroxyl groups is 3. The molecule has 0 fully saturated rings. The highest BCUT2D eigenvalue weighted by atomic mass is 16.5. The van der Waals surface area contributed by atoms with E-state index in [2.05, 4.69) is 30.3 Å². The van der Waals surface area contributed by atoms with Crippen LogP contribution in [0.3, 0.4) is 0 Å². The predicted octanol–water partition coefficient (Wildman–Crippen LogP) is 6.68. The molecule has 9 nitrogen and oxygen atoms in total. The van der Waals surface area contributed by atoms with Gasteiger partial charge in [-0.05, 0) is 68.7 Å². The van der Waals surface area contributed by atoms with E-state index in [1.807, 2.05) is 97.1 Å². The summed E-state index contributed by atoms with van der Waals surface area (Å²) in [5.74, 6) is 2.50. The molecule has 0 radical (unpaired) electrons. The summed E-state index contributed by atoms with van der Waals surface area (Å²) in [5.41, 5.74) is 0. The first-order chi connectivity index (χ1) is 25.2. The van der Waals surface area contributed by atoms with Crippen molar-refractivity contribution in [1.82, 2.24) is 0 Å². The van der Waals surface area contributed by atoms with Crippen LogP contribution >= 0.6 is 0 Å². The van der Waals surface area contributed by atoms with Crippen molar-refractivity contribution < 1.29 is 43.7 Å². The molecule has 6 aromatic carbocycles. The molecule has 0 atom stereocenters. The summed E-state index contributed by atoms with van der Waals surface area (Å²) in [6.45, 7) is 4.25. The Balaban J connectivity index is 0.000000174. The number of hydrogen-bond donors (Lipinski definition) is 3. The molecule has 0 saturated heterocycles. The van der Waals surface area contributed by atoms with Crippen molar-refractivity contribution in [2.24, 2.45) is 0 Å². The quantitative estimate of drug-likeness (QED) is 0.0847. The standard InChI is InChI=1S/C16H20O4.C14H16O3.C12H12O2/c17-7-8-18-9-10-19-11-12-20-16-6-5-14-3-1-2-4-15(14)13-16;15-7-8-16-9-10-17-14-6-5-12-3-1-2-4-13(12)11-14;13-7-8-14-12-6-5-10-3-1-2-4-11(10)9-12/h1-6,13,17H,7-12H2;1-6,11,15H,7-10H2;1-6,9,13H,7-8H2. The van der Waals surface area contributed by atoms with Gasteiger partial charge in [0, 0.05) is 0 Å². The molecule has 3 N–H and O–H groups in total. The lowest BCUT2D eigenvalue weighted by atomic mass is 10.1. The van der Waals surface area contributed by atoms with Crippen LogP contribution in [0, 0.1) is 0 Å². The highest BCUT2D eigenvalue weighted by Crippen LogP contribution is 2.22. The van der Waals surface area contributed by atoms with Gasteiger partial charge in [0.05, 0.1) is 59.5 Å². The van der Waals surface area contributed by atoms with Crippen LogP contribution in [0.25, 0.3) is 32.3 Å². The molecular weight excluding hydrogens is 648 g/mol. The zero-order chi connectivity index (χ0) is 35.8. The zero-order valence-corrected chi connectivity index (χ0v) is 28.9. The second-order valence-electron chi connectivity index (χ2n) is 11.1. The number of hydrogen-bond acceptors (Lipinski definition) is 9. The third kappa shape index (κ3) is 14.6. The first-order valence-corrected chi connectivity index (χ1v) is 17.1. The van der Waals surface area contributed by atoms with Gasteiger partial charge in [-0.1, -0.05) is 91.0 Å². The smallest absolute Gasteiger partial charge is 0.120 e. The van der Waals surface area contributed by atoms with Crippen molar-refractivity contribution in [3.63, 3.8) is 0 Å². The van der Waals surface area contributed by atoms with Gasteiger partial charge in [0.15, 0.2) is 0 Å². The van der Waals surface area contributed by atoms with E-state index in [4.69, 9.17) is 43.7 Å². The second kappa shape index (κ2) is 23.6. The molecule has 6 rings (SSSR count). The summed E-state index contributed by atoms with van der Waals surface area (Å²) < 4.78 is 32.1. The molecule has 0 aliphatic heterocycles. The van der Waals surface area contributed by atoms with Crippen molar-refractivity contribution in [2.45, 2.75) is 0 Å². The van der Waals surface area contributed by atoms with Crippen molar-refractivity contribution in [3.05, 3.63) is 127 Å². The third-order valence-corrected chi connectivity index (χ3v) is 7.36. The van der Waals surface area contributed by atoms with E-state index in [1.54, 1.807) is 0 Å². The molecule has 51 heavy (non-hydrogen) atoms. The maximum Gasteiger partial charge on any atom is 0.120 e. The van der Waals surface area contributed by atoms with Crippen LogP contribution < -0.4 is 14.2 Å². The van der Waals surface area contributed by atoms with Gasteiger partial charge in [0.1, 0.15) is 37.1 Å². The zero-order valence-electron chi connectivity index (χ0n) is 28.9. The minimum atomic E-state index is 0.0467. The minimum absolute atomic E-state index is 0.0467. The van der Waals surface area contributed by atoms with Gasteiger partial charge in [-0.15, -0.1) is 0 Å². The Hall–Kier alpha value is -4.74. The topological polar surface area (TPSA) is 116 Å². The first-order valence-electron chi connectivity index (χ1n) is 17.1. The lowest BCUT2D eigenvalue weighted by molar-refractivity contribution is 0.0247. The molecule has 0 aliphatic carbocycles. The Kier molecular flexibility index (Phi) is 18.1. The Labute approximate surface area is 299 Å². The molecular formula is C42H48O9. The Morgan fingerprint density at radius 1 is 0.294 bits per heavy atom. The first kappa shape index (κ1) is 39.1. The Morgan fingerprint density at radius 2 is 0.588 bits per heavy atom. The predicted molar refractivity (Wildman–Crippen MR) is 202 cm³/mol. The van der Waals surface area contributed by atoms with Crippen LogP contribution in [-0.4, -0.2) is 94.6 Å². The van der Waals surface area contributed by atoms with Crippen molar-refractivity contribution >= 4 is 32.3 Å². The SMILES string of the molecule is OCCOCCOCCOc1ccc2ccccc2c1.OCCOCCOc1ccc2ccccc2c1.OCCOc1ccc2ccccc2c1. The summed E-state index contributed by atoms with van der Waals surface area (Å²) >= 11 is 0. The summed E-state index contributed by atoms with van der Waals surface area (Å²) in [5, 5.41) is 32.8. The molecule has 0 amide bonds. The monoisotopic (exact) mass is 696 g/mol. The third-order valence-electron chi connectivity index (χ3n) is 7.36. The molecule has 270 valence electrons. The highest BCUT2D eigenvalue weighted by Gasteiger charge is 1.99. The van der Waals surface area contributed by atoms with E-state index in [0.717, 1.165) is 22.6 Å². The molecule has 0 aromatic heterocycles. The molecule has 0 saturated carbocycles. The molecule has 0 heterocycles. The van der Waals surface area contributed by atoms with Gasteiger partial charge in [0.25, 0.3) is 0 Å². The van der Waals surface area contributed by atoms with Crippen LogP contribution in [0.4, 0.5) is 0 Å². The van der Waals surface area contributed by atoms with Crippen LogP contribution in [0.1, 0.15) is 0 Å². The molecule has 0 spiro atoms. The van der Waals surface area contributed by atoms with E-state index in [-0.39, 0.29) is 19.8 Å². The van der Waals surface area contributed by atoms with Crippen molar-refractivity contribution in [3.8, 4) is 17.2 Å². The van der Waals surface area contributed by atoms with Gasteiger partial charge in [-0.25, -0.2) is 0 Å². The van der Waals surface area contributed by atoms with E-state index in [0.29, 0.717) is 59.5 Å². The number of aliphatic hydroxyl groups excluding tert-OH is 3. The van der Waals surface area contributed by atoms with Gasteiger partial charge >= 0.3 is 0 Å². The molecule has 0 aliphatic rings. The van der Waals surface area contributed by atoms with Gasteiger partial charge in [-0.3, -0.25) is 0 Å². The Bertz CT molecular complexity index is 1830. The highest BCUT2D eigenvalue weighted by molar-refractivity contribution is 5.85. The lowest BCUT2D eigenvalue weighted by Crippen LogP contribution is -2.11. The average Bonchev–Trinajstić information content (AvgIpc) is 3.18. The maximum atomic E-state index is 8.62. The minimum Gasteiger partial charge on any atom is -0.491 e. The summed E-state index contributed by atoms with van der Waals surface area (Å²) in [6.07, 6.45) is 0. The summed E-state index contributed by atoms with van der Waals surface area (Å²) in [4.78, 5) is 0. The largest absolute Gasteiger partial charge is 0.491 e. The molecule has 6 aromatic rings. The van der Waals surface area contributed by atoms with Crippen molar-refractivity contribution in [2.75, 3.05) is 79.3 Å². The number of rotatable bonds is 18. The van der Waals surface area contributed by atoms with E-state index >= 15 is 0 Å². The van der Waals surface area contributed by atoms with E-state index < -0.39 is 0 Å². The van der Waals surface area contributed by atoms with Crippen LogP contribution in [0.15, 0.2) is 127 Å². The molecule has 0 bridgehead atoms.